The van der Waals surface area contributed by atoms with E-state index in [-0.39, 0.29) is 6.54 Å². The van der Waals surface area contributed by atoms with Gasteiger partial charge in [0.1, 0.15) is 0 Å². The lowest BCUT2D eigenvalue weighted by atomic mass is 10.1. The molecule has 146 valence electrons. The van der Waals surface area contributed by atoms with E-state index in [0.717, 1.165) is 35.7 Å². The summed E-state index contributed by atoms with van der Waals surface area (Å²) < 4.78 is 66.5. The van der Waals surface area contributed by atoms with Gasteiger partial charge in [0.2, 0.25) is 5.91 Å². The summed E-state index contributed by atoms with van der Waals surface area (Å²) in [7, 11) is -3.82. The first-order valence-corrected chi connectivity index (χ1v) is 9.77. The third-order valence-electron chi connectivity index (χ3n) is 4.15. The molecule has 1 aliphatic heterocycles. The average Bonchev–Trinajstić information content (AvgIpc) is 2.59. The van der Waals surface area contributed by atoms with Crippen LogP contribution in [0.4, 0.5) is 18.9 Å². The molecule has 2 rings (SSSR count). The van der Waals surface area contributed by atoms with E-state index in [9.17, 15) is 26.4 Å². The molecule has 0 spiro atoms. The molecule has 0 aromatic heterocycles. The molecule has 6 nitrogen and oxygen atoms in total. The number of hydrogen-bond donors (Lipinski definition) is 1. The van der Waals surface area contributed by atoms with E-state index in [1.165, 1.54) is 16.4 Å². The summed E-state index contributed by atoms with van der Waals surface area (Å²) in [5, 5.41) is 2.17. The fourth-order valence-corrected chi connectivity index (χ4v) is 4.46. The Balaban J connectivity index is 2.11. The molecule has 1 N–H and O–H groups in total. The monoisotopic (exact) mass is 393 g/mol. The van der Waals surface area contributed by atoms with Crippen LogP contribution in [-0.2, 0) is 21.2 Å². The van der Waals surface area contributed by atoms with Crippen LogP contribution >= 0.6 is 0 Å². The van der Waals surface area contributed by atoms with Crippen molar-refractivity contribution < 1.29 is 26.4 Å². The van der Waals surface area contributed by atoms with Gasteiger partial charge >= 0.3 is 6.18 Å². The normalized spacial score (nSPS) is 16.7. The number of halogens is 3. The lowest BCUT2D eigenvalue weighted by Crippen LogP contribution is -2.48. The standard InChI is InChI=1S/C16H22F3N3O3S/c1-2-21(26(24,25)22-10-6-3-7-11-22)12-15(23)20-14-9-5-4-8-13(14)16(17,18)19/h4-5,8-9H,2-3,6-7,10-12H2,1H3,(H,20,23). The molecule has 1 aromatic carbocycles. The van der Waals surface area contributed by atoms with Gasteiger partial charge in [-0.05, 0) is 25.0 Å². The van der Waals surface area contributed by atoms with Gasteiger partial charge in [-0.1, -0.05) is 25.5 Å². The van der Waals surface area contributed by atoms with Gasteiger partial charge in [-0.15, -0.1) is 0 Å². The number of rotatable bonds is 6. The highest BCUT2D eigenvalue weighted by Gasteiger charge is 2.34. The number of carbonyl (C=O) groups excluding carboxylic acids is 1. The van der Waals surface area contributed by atoms with Crippen LogP contribution < -0.4 is 5.32 Å². The highest BCUT2D eigenvalue weighted by atomic mass is 32.2. The average molecular weight is 393 g/mol. The summed E-state index contributed by atoms with van der Waals surface area (Å²) >= 11 is 0. The smallest absolute Gasteiger partial charge is 0.324 e. The van der Waals surface area contributed by atoms with Crippen LogP contribution in [0.5, 0.6) is 0 Å². The van der Waals surface area contributed by atoms with Crippen molar-refractivity contribution in [3.05, 3.63) is 29.8 Å². The second kappa shape index (κ2) is 8.36. The predicted octanol–water partition coefficient (Wildman–Crippen LogP) is 2.70. The molecule has 0 saturated carbocycles. The van der Waals surface area contributed by atoms with Crippen molar-refractivity contribution in [2.45, 2.75) is 32.4 Å². The lowest BCUT2D eigenvalue weighted by molar-refractivity contribution is -0.137. The van der Waals surface area contributed by atoms with Gasteiger partial charge in [-0.2, -0.15) is 30.2 Å². The first-order valence-electron chi connectivity index (χ1n) is 8.37. The molecule has 26 heavy (non-hydrogen) atoms. The topological polar surface area (TPSA) is 69.7 Å². The van der Waals surface area contributed by atoms with E-state index >= 15 is 0 Å². The van der Waals surface area contributed by atoms with Crippen molar-refractivity contribution in [2.24, 2.45) is 0 Å². The summed E-state index contributed by atoms with van der Waals surface area (Å²) in [6, 6.07) is 4.58. The molecule has 10 heteroatoms. The third kappa shape index (κ3) is 4.95. The Labute approximate surface area is 151 Å². The van der Waals surface area contributed by atoms with Crippen LogP contribution in [-0.4, -0.2) is 49.1 Å². The van der Waals surface area contributed by atoms with Gasteiger partial charge in [-0.25, -0.2) is 0 Å². The van der Waals surface area contributed by atoms with E-state index in [1.54, 1.807) is 6.92 Å². The Morgan fingerprint density at radius 1 is 1.19 bits per heavy atom. The van der Waals surface area contributed by atoms with E-state index in [4.69, 9.17) is 0 Å². The summed E-state index contributed by atoms with van der Waals surface area (Å²) in [5.74, 6) is -0.816. The number of carbonyl (C=O) groups is 1. The fraction of sp³-hybridized carbons (Fsp3) is 0.562. The number of nitrogens with zero attached hydrogens (tertiary/aromatic N) is 2. The summed E-state index contributed by atoms with van der Waals surface area (Å²) in [6.45, 7) is 1.86. The maximum absolute atomic E-state index is 13.0. The third-order valence-corrected chi connectivity index (χ3v) is 6.20. The molecule has 1 amide bonds. The molecule has 0 aliphatic carbocycles. The van der Waals surface area contributed by atoms with Gasteiger partial charge in [0.05, 0.1) is 17.8 Å². The number of likely N-dealkylation sites (N-methyl/N-ethyl adjacent to an activating group) is 1. The van der Waals surface area contributed by atoms with Gasteiger partial charge in [-0.3, -0.25) is 4.79 Å². The SMILES string of the molecule is CCN(CC(=O)Nc1ccccc1C(F)(F)F)S(=O)(=O)N1CCCCC1. The van der Waals surface area contributed by atoms with Crippen molar-refractivity contribution in [1.29, 1.82) is 0 Å². The first-order chi connectivity index (χ1) is 12.2. The van der Waals surface area contributed by atoms with Crippen LogP contribution in [0.1, 0.15) is 31.7 Å². The molecule has 1 aromatic rings. The van der Waals surface area contributed by atoms with E-state index in [0.29, 0.717) is 13.1 Å². The number of anilines is 1. The number of benzene rings is 1. The Hall–Kier alpha value is -1.65. The number of hydrogen-bond acceptors (Lipinski definition) is 3. The molecule has 0 radical (unpaired) electrons. The Kier molecular flexibility index (Phi) is 6.64. The number of nitrogens with one attached hydrogen (secondary N) is 1. The number of amides is 1. The van der Waals surface area contributed by atoms with E-state index in [1.807, 2.05) is 0 Å². The zero-order valence-corrected chi connectivity index (χ0v) is 15.2. The van der Waals surface area contributed by atoms with Crippen molar-refractivity contribution in [1.82, 2.24) is 8.61 Å². The maximum Gasteiger partial charge on any atom is 0.418 e. The number of alkyl halides is 3. The van der Waals surface area contributed by atoms with Crippen LogP contribution in [0.25, 0.3) is 0 Å². The Bertz CT molecular complexity index is 732. The van der Waals surface area contributed by atoms with Crippen molar-refractivity contribution in [2.75, 3.05) is 31.5 Å². The molecule has 0 bridgehead atoms. The van der Waals surface area contributed by atoms with Crippen molar-refractivity contribution in [3.63, 3.8) is 0 Å². The van der Waals surface area contributed by atoms with Crippen LogP contribution in [0, 0.1) is 0 Å². The molecule has 0 atom stereocenters. The molecule has 1 aliphatic rings. The zero-order valence-electron chi connectivity index (χ0n) is 14.4. The van der Waals surface area contributed by atoms with Crippen molar-refractivity contribution in [3.8, 4) is 0 Å². The maximum atomic E-state index is 13.0. The number of piperidine rings is 1. The van der Waals surface area contributed by atoms with Gasteiger partial charge in [0, 0.05) is 19.6 Å². The first kappa shape index (κ1) is 20.7. The largest absolute Gasteiger partial charge is 0.418 e. The summed E-state index contributed by atoms with van der Waals surface area (Å²) in [6.07, 6.45) is -2.16. The minimum absolute atomic E-state index is 0.0488. The predicted molar refractivity (Wildman–Crippen MR) is 91.7 cm³/mol. The minimum Gasteiger partial charge on any atom is -0.324 e. The number of para-hydroxylation sites is 1. The second-order valence-corrected chi connectivity index (χ2v) is 7.91. The minimum atomic E-state index is -4.62. The Morgan fingerprint density at radius 2 is 1.81 bits per heavy atom. The molecule has 0 unspecified atom stereocenters. The van der Waals surface area contributed by atoms with E-state index in [2.05, 4.69) is 5.32 Å². The van der Waals surface area contributed by atoms with Gasteiger partial charge in [0.25, 0.3) is 10.2 Å². The molecular formula is C16H22F3N3O3S. The summed E-state index contributed by atoms with van der Waals surface area (Å²) in [4.78, 5) is 12.2. The van der Waals surface area contributed by atoms with Gasteiger partial charge < -0.3 is 5.32 Å². The molecular weight excluding hydrogens is 371 g/mol. The lowest BCUT2D eigenvalue weighted by Gasteiger charge is -2.31. The zero-order chi connectivity index (χ0) is 19.4. The Morgan fingerprint density at radius 3 is 2.38 bits per heavy atom. The second-order valence-electron chi connectivity index (χ2n) is 5.99. The summed E-state index contributed by atoms with van der Waals surface area (Å²) in [5.41, 5.74) is -1.37. The van der Waals surface area contributed by atoms with Crippen LogP contribution in [0.3, 0.4) is 0 Å². The molecule has 1 fully saturated rings. The molecule has 1 saturated heterocycles. The fourth-order valence-electron chi connectivity index (χ4n) is 2.80. The van der Waals surface area contributed by atoms with Crippen LogP contribution in [0.2, 0.25) is 0 Å². The van der Waals surface area contributed by atoms with Crippen molar-refractivity contribution >= 4 is 21.8 Å². The highest BCUT2D eigenvalue weighted by molar-refractivity contribution is 7.86. The highest BCUT2D eigenvalue weighted by Crippen LogP contribution is 2.34. The molecule has 1 heterocycles. The van der Waals surface area contributed by atoms with Crippen LogP contribution in [0.15, 0.2) is 24.3 Å². The van der Waals surface area contributed by atoms with E-state index < -0.39 is 40.1 Å². The quantitative estimate of drug-likeness (QED) is 0.808. The van der Waals surface area contributed by atoms with Gasteiger partial charge in [0.15, 0.2) is 0 Å².